The van der Waals surface area contributed by atoms with Crippen molar-refractivity contribution in [2.24, 2.45) is 11.7 Å². The van der Waals surface area contributed by atoms with Crippen molar-refractivity contribution >= 4 is 11.6 Å². The van der Waals surface area contributed by atoms with Gasteiger partial charge in [0, 0.05) is 17.6 Å². The number of hydrogen-bond donors (Lipinski definition) is 3. The molecular formula is C13H18N2O2. The third-order valence-electron chi connectivity index (χ3n) is 3.22. The summed E-state index contributed by atoms with van der Waals surface area (Å²) in [5, 5.41) is 11.9. The lowest BCUT2D eigenvalue weighted by atomic mass is 10.1. The Labute approximate surface area is 101 Å². The molecule has 0 spiro atoms. The normalized spacial score (nSPS) is 23.6. The van der Waals surface area contributed by atoms with E-state index in [-0.39, 0.29) is 24.5 Å². The van der Waals surface area contributed by atoms with Gasteiger partial charge in [-0.1, -0.05) is 12.1 Å². The topological polar surface area (TPSA) is 75.4 Å². The van der Waals surface area contributed by atoms with Crippen LogP contribution in [0.5, 0.6) is 0 Å². The van der Waals surface area contributed by atoms with Crippen LogP contribution in [0.1, 0.15) is 24.8 Å². The maximum Gasteiger partial charge on any atom is 0.227 e. The van der Waals surface area contributed by atoms with Crippen LogP contribution in [-0.4, -0.2) is 17.1 Å². The molecule has 0 bridgehead atoms. The fraction of sp³-hybridized carbons (Fsp3) is 0.462. The molecule has 2 rings (SSSR count). The number of carbonyl (C=O) groups is 1. The highest BCUT2D eigenvalue weighted by atomic mass is 16.3. The van der Waals surface area contributed by atoms with E-state index >= 15 is 0 Å². The van der Waals surface area contributed by atoms with E-state index in [1.807, 2.05) is 18.2 Å². The molecule has 2 atom stereocenters. The fourth-order valence-corrected chi connectivity index (χ4v) is 2.25. The van der Waals surface area contributed by atoms with Crippen molar-refractivity contribution < 1.29 is 9.90 Å². The Morgan fingerprint density at radius 1 is 1.47 bits per heavy atom. The van der Waals surface area contributed by atoms with Gasteiger partial charge in [0.05, 0.1) is 6.61 Å². The van der Waals surface area contributed by atoms with Crippen LogP contribution < -0.4 is 11.1 Å². The third kappa shape index (κ3) is 3.05. The number of nitrogens with one attached hydrogen (secondary N) is 1. The first-order chi connectivity index (χ1) is 8.19. The smallest absolute Gasteiger partial charge is 0.227 e. The van der Waals surface area contributed by atoms with Crippen molar-refractivity contribution in [3.63, 3.8) is 0 Å². The summed E-state index contributed by atoms with van der Waals surface area (Å²) < 4.78 is 0. The van der Waals surface area contributed by atoms with Gasteiger partial charge < -0.3 is 16.2 Å². The molecule has 1 aromatic carbocycles. The summed E-state index contributed by atoms with van der Waals surface area (Å²) in [5.41, 5.74) is 7.32. The van der Waals surface area contributed by atoms with E-state index in [4.69, 9.17) is 10.8 Å². The predicted octanol–water partition coefficient (Wildman–Crippen LogP) is 1.24. The van der Waals surface area contributed by atoms with E-state index < -0.39 is 0 Å². The highest BCUT2D eigenvalue weighted by Gasteiger charge is 2.27. The third-order valence-corrected chi connectivity index (χ3v) is 3.22. The quantitative estimate of drug-likeness (QED) is 0.736. The van der Waals surface area contributed by atoms with Gasteiger partial charge in [0.15, 0.2) is 0 Å². The average Bonchev–Trinajstić information content (AvgIpc) is 2.76. The molecule has 0 heterocycles. The fourth-order valence-electron chi connectivity index (χ4n) is 2.25. The Kier molecular flexibility index (Phi) is 3.76. The van der Waals surface area contributed by atoms with Crippen LogP contribution >= 0.6 is 0 Å². The molecule has 1 fully saturated rings. The van der Waals surface area contributed by atoms with Crippen LogP contribution in [0.25, 0.3) is 0 Å². The highest BCUT2D eigenvalue weighted by molar-refractivity contribution is 5.92. The van der Waals surface area contributed by atoms with Crippen LogP contribution in [0.2, 0.25) is 0 Å². The molecule has 0 saturated heterocycles. The first-order valence-electron chi connectivity index (χ1n) is 5.95. The molecule has 4 N–H and O–H groups in total. The Balaban J connectivity index is 1.98. The van der Waals surface area contributed by atoms with Crippen molar-refractivity contribution in [2.45, 2.75) is 31.9 Å². The van der Waals surface area contributed by atoms with Gasteiger partial charge in [-0.25, -0.2) is 0 Å². The number of hydrogen-bond acceptors (Lipinski definition) is 3. The summed E-state index contributed by atoms with van der Waals surface area (Å²) in [6.45, 7) is -0.0159. The van der Waals surface area contributed by atoms with E-state index in [9.17, 15) is 4.79 Å². The van der Waals surface area contributed by atoms with Gasteiger partial charge in [0.1, 0.15) is 0 Å². The molecule has 1 amide bonds. The van der Waals surface area contributed by atoms with E-state index in [1.54, 1.807) is 6.07 Å². The van der Waals surface area contributed by atoms with Crippen molar-refractivity contribution in [1.82, 2.24) is 0 Å². The first kappa shape index (κ1) is 12.1. The average molecular weight is 234 g/mol. The molecule has 4 nitrogen and oxygen atoms in total. The SMILES string of the molecule is NC1CCC(C(=O)Nc2cccc(CO)c2)C1. The summed E-state index contributed by atoms with van der Waals surface area (Å²) in [5.74, 6) is 0.0656. The number of benzene rings is 1. The lowest BCUT2D eigenvalue weighted by Crippen LogP contribution is -2.23. The van der Waals surface area contributed by atoms with Crippen LogP contribution in [0.15, 0.2) is 24.3 Å². The zero-order valence-corrected chi connectivity index (χ0v) is 9.73. The second-order valence-electron chi connectivity index (χ2n) is 4.62. The van der Waals surface area contributed by atoms with Crippen LogP contribution in [0.3, 0.4) is 0 Å². The zero-order valence-electron chi connectivity index (χ0n) is 9.73. The van der Waals surface area contributed by atoms with Gasteiger partial charge >= 0.3 is 0 Å². The minimum Gasteiger partial charge on any atom is -0.392 e. The molecule has 92 valence electrons. The largest absolute Gasteiger partial charge is 0.392 e. The second kappa shape index (κ2) is 5.29. The van der Waals surface area contributed by atoms with Crippen molar-refractivity contribution in [2.75, 3.05) is 5.32 Å². The summed E-state index contributed by atoms with van der Waals surface area (Å²) in [7, 11) is 0. The summed E-state index contributed by atoms with van der Waals surface area (Å²) in [6, 6.07) is 7.41. The monoisotopic (exact) mass is 234 g/mol. The first-order valence-corrected chi connectivity index (χ1v) is 5.95. The number of aliphatic hydroxyl groups excluding tert-OH is 1. The minimum absolute atomic E-state index is 0.0159. The Hall–Kier alpha value is -1.39. The van der Waals surface area contributed by atoms with Gasteiger partial charge in [-0.3, -0.25) is 4.79 Å². The Morgan fingerprint density at radius 2 is 2.29 bits per heavy atom. The number of carbonyl (C=O) groups excluding carboxylic acids is 1. The summed E-state index contributed by atoms with van der Waals surface area (Å²) in [4.78, 5) is 11.9. The minimum atomic E-state index is -0.0159. The highest BCUT2D eigenvalue weighted by Crippen LogP contribution is 2.25. The van der Waals surface area contributed by atoms with Crippen molar-refractivity contribution in [1.29, 1.82) is 0 Å². The number of anilines is 1. The lowest BCUT2D eigenvalue weighted by Gasteiger charge is -2.11. The molecule has 1 aliphatic carbocycles. The van der Waals surface area contributed by atoms with E-state index in [2.05, 4.69) is 5.32 Å². The van der Waals surface area contributed by atoms with E-state index in [1.165, 1.54) is 0 Å². The number of nitrogens with two attached hydrogens (primary N) is 1. The molecular weight excluding hydrogens is 216 g/mol. The molecule has 4 heteroatoms. The Morgan fingerprint density at radius 3 is 2.94 bits per heavy atom. The Bertz CT molecular complexity index is 406. The van der Waals surface area contributed by atoms with Crippen molar-refractivity contribution in [3.8, 4) is 0 Å². The molecule has 0 aliphatic heterocycles. The molecule has 1 aromatic rings. The maximum atomic E-state index is 11.9. The summed E-state index contributed by atoms with van der Waals surface area (Å²) >= 11 is 0. The van der Waals surface area contributed by atoms with Gasteiger partial charge in [0.25, 0.3) is 0 Å². The number of amides is 1. The van der Waals surface area contributed by atoms with Crippen LogP contribution in [-0.2, 0) is 11.4 Å². The van der Waals surface area contributed by atoms with Gasteiger partial charge in [0.2, 0.25) is 5.91 Å². The van der Waals surface area contributed by atoms with Gasteiger partial charge in [-0.05, 0) is 37.0 Å². The molecule has 1 aliphatic rings. The van der Waals surface area contributed by atoms with Crippen LogP contribution in [0.4, 0.5) is 5.69 Å². The maximum absolute atomic E-state index is 11.9. The van der Waals surface area contributed by atoms with E-state index in [0.717, 1.165) is 30.5 Å². The van der Waals surface area contributed by atoms with Gasteiger partial charge in [-0.2, -0.15) is 0 Å². The molecule has 0 aromatic heterocycles. The standard InChI is InChI=1S/C13H18N2O2/c14-11-5-4-10(7-11)13(17)15-12-3-1-2-9(6-12)8-16/h1-3,6,10-11,16H,4-5,7-8,14H2,(H,15,17). The van der Waals surface area contributed by atoms with Crippen molar-refractivity contribution in [3.05, 3.63) is 29.8 Å². The summed E-state index contributed by atoms with van der Waals surface area (Å²) in [6.07, 6.45) is 2.56. The van der Waals surface area contributed by atoms with E-state index in [0.29, 0.717) is 0 Å². The number of rotatable bonds is 3. The molecule has 0 radical (unpaired) electrons. The zero-order chi connectivity index (χ0) is 12.3. The molecule has 2 unspecified atom stereocenters. The lowest BCUT2D eigenvalue weighted by molar-refractivity contribution is -0.119. The number of aliphatic hydroxyl groups is 1. The predicted molar refractivity (Wildman–Crippen MR) is 66.3 cm³/mol. The van der Waals surface area contributed by atoms with Gasteiger partial charge in [-0.15, -0.1) is 0 Å². The van der Waals surface area contributed by atoms with Crippen LogP contribution in [0, 0.1) is 5.92 Å². The second-order valence-corrected chi connectivity index (χ2v) is 4.62. The molecule has 17 heavy (non-hydrogen) atoms. The molecule has 1 saturated carbocycles.